The fourth-order valence-electron chi connectivity index (χ4n) is 19.4. The fourth-order valence-corrected chi connectivity index (χ4v) is 28.3. The Hall–Kier alpha value is -12.0. The van der Waals surface area contributed by atoms with Gasteiger partial charge in [-0.1, -0.05) is 0 Å². The zero-order chi connectivity index (χ0) is 66.1. The van der Waals surface area contributed by atoms with Crippen LogP contribution >= 0.6 is 0 Å². The fraction of sp³-hybridized carbons (Fsp3) is 0.0309. The van der Waals surface area contributed by atoms with Crippen LogP contribution in [0.2, 0.25) is 0 Å². The Kier molecular flexibility index (Phi) is 12.1. The van der Waals surface area contributed by atoms with Crippen molar-refractivity contribution in [1.29, 1.82) is 0 Å². The van der Waals surface area contributed by atoms with Crippen LogP contribution in [0.1, 0.15) is 66.8 Å². The summed E-state index contributed by atoms with van der Waals surface area (Å²) in [5.74, 6) is 0. The summed E-state index contributed by atoms with van der Waals surface area (Å²) in [4.78, 5) is 8.10. The molecule has 3 aliphatic carbocycles. The van der Waals surface area contributed by atoms with Crippen molar-refractivity contribution in [2.24, 2.45) is 0 Å². The van der Waals surface area contributed by atoms with E-state index in [4.69, 9.17) is 0 Å². The third-order valence-corrected chi connectivity index (χ3v) is 30.9. The first-order chi connectivity index (χ1) is 50.1. The van der Waals surface area contributed by atoms with Gasteiger partial charge < -0.3 is 0 Å². The van der Waals surface area contributed by atoms with Crippen LogP contribution < -0.4 is 25.2 Å². The third-order valence-electron chi connectivity index (χ3n) is 23.2. The Morgan fingerprint density at radius 1 is 0.198 bits per heavy atom. The molecule has 0 atom stereocenters. The molecule has 16 aromatic carbocycles. The van der Waals surface area contributed by atoms with Crippen LogP contribution in [0.25, 0.3) is 44.2 Å². The first-order valence-electron chi connectivity index (χ1n) is 35.2. The van der Waals surface area contributed by atoms with E-state index in [0.717, 1.165) is 17.1 Å². The molecule has 0 spiro atoms. The molecule has 3 nitrogen and oxygen atoms in total. The Bertz CT molecular complexity index is 5990. The van der Waals surface area contributed by atoms with E-state index in [0.29, 0.717) is 0 Å². The standard InChI is InChI=1S/C97H62N3.Sb/c1-7-30-67(31-8-1)95(68-32-9-2-10-33-68)90-52-26-23-49-84(90)87-62-77(55-58-91(87)95)100-76-45-28-43-74(61-76)98(78-53-56-85-82-47-21-24-50-88(82)96(92(85)63-78,69-34-11-3-12-35-69)70-36-13-4-14-37-70)73-42-27-44-75(60-73)99(80-59-66-29-19-20-46-81(66)94(100)65-80)79-54-57-86-83-48-22-25-51-89(83)97(93(86)64-79,71-38-15-5-16-39-71)72-40-17-6-18-41-72;/h1-59,62-64H;. The number of fused-ring (bicyclic) bond motifs is 11. The Labute approximate surface area is 595 Å². The van der Waals surface area contributed by atoms with Gasteiger partial charge in [-0.25, -0.2) is 0 Å². The van der Waals surface area contributed by atoms with Crippen LogP contribution in [0.3, 0.4) is 0 Å². The Balaban J connectivity index is 0.842. The summed E-state index contributed by atoms with van der Waals surface area (Å²) >= 11 is -3.25. The molecule has 0 amide bonds. The van der Waals surface area contributed by atoms with Gasteiger partial charge in [-0.2, -0.15) is 0 Å². The summed E-state index contributed by atoms with van der Waals surface area (Å²) in [6.45, 7) is 0. The molecule has 0 aromatic heterocycles. The number of anilines is 9. The van der Waals surface area contributed by atoms with E-state index in [2.05, 4.69) is 391 Å². The quantitative estimate of drug-likeness (QED) is 0.133. The molecule has 16 aromatic rings. The molecule has 0 N–H and O–H groups in total. The van der Waals surface area contributed by atoms with Gasteiger partial charge in [-0.05, 0) is 0 Å². The molecule has 3 aliphatic heterocycles. The van der Waals surface area contributed by atoms with Gasteiger partial charge in [0.05, 0.1) is 0 Å². The predicted octanol–water partition coefficient (Wildman–Crippen LogP) is 21.8. The summed E-state index contributed by atoms with van der Waals surface area (Å²) in [7, 11) is 0. The van der Waals surface area contributed by atoms with Gasteiger partial charge in [0.2, 0.25) is 0 Å². The number of hydrogen-bond donors (Lipinski definition) is 0. The number of hydrogen-bond acceptors (Lipinski definition) is 3. The van der Waals surface area contributed by atoms with Gasteiger partial charge in [-0.3, -0.25) is 0 Å². The second kappa shape index (κ2) is 21.5. The molecular formula is C97H62N3Sb. The molecule has 0 bridgehead atoms. The second-order valence-corrected chi connectivity index (χ2v) is 33.5. The monoisotopic (exact) mass is 1390 g/mol. The molecule has 6 aliphatic rings. The van der Waals surface area contributed by atoms with E-state index >= 15 is 0 Å². The molecule has 470 valence electrons. The van der Waals surface area contributed by atoms with Crippen LogP contribution in [0, 0.1) is 0 Å². The molecule has 0 unspecified atom stereocenters. The molecule has 3 heterocycles. The van der Waals surface area contributed by atoms with Crippen molar-refractivity contribution in [2.45, 2.75) is 16.2 Å². The average Bonchev–Trinajstić information content (AvgIpc) is 1.36. The topological polar surface area (TPSA) is 9.72 Å². The van der Waals surface area contributed by atoms with Crippen LogP contribution in [-0.2, 0) is 16.2 Å². The normalized spacial score (nSPS) is 15.1. The van der Waals surface area contributed by atoms with Gasteiger partial charge in [0.15, 0.2) is 0 Å². The van der Waals surface area contributed by atoms with Crippen LogP contribution in [-0.4, -0.2) is 20.2 Å². The maximum atomic E-state index is 2.72. The minimum absolute atomic E-state index is 0.549. The molecule has 0 radical (unpaired) electrons. The summed E-state index contributed by atoms with van der Waals surface area (Å²) in [6.07, 6.45) is 0. The maximum absolute atomic E-state index is 3.25. The van der Waals surface area contributed by atoms with Crippen molar-refractivity contribution in [3.63, 3.8) is 0 Å². The second-order valence-electron chi connectivity index (χ2n) is 27.7. The average molecular weight is 1390 g/mol. The van der Waals surface area contributed by atoms with Crippen molar-refractivity contribution in [1.82, 2.24) is 0 Å². The molecule has 22 rings (SSSR count). The Morgan fingerprint density at radius 3 is 0.950 bits per heavy atom. The number of benzene rings is 16. The summed E-state index contributed by atoms with van der Waals surface area (Å²) in [5, 5.41) is 2.47. The van der Waals surface area contributed by atoms with Gasteiger partial charge >= 0.3 is 600 Å². The summed E-state index contributed by atoms with van der Waals surface area (Å²) < 4.78 is 4.42. The van der Waals surface area contributed by atoms with Gasteiger partial charge in [-0.15, -0.1) is 0 Å². The molecule has 4 heteroatoms. The van der Waals surface area contributed by atoms with Crippen molar-refractivity contribution in [3.8, 4) is 33.4 Å². The Morgan fingerprint density at radius 2 is 0.515 bits per heavy atom. The summed E-state index contributed by atoms with van der Waals surface area (Å²) in [5.41, 5.74) is 32.1. The zero-order valence-electron chi connectivity index (χ0n) is 55.1. The van der Waals surface area contributed by atoms with E-state index in [1.165, 1.54) is 156 Å². The van der Waals surface area contributed by atoms with E-state index < -0.39 is 36.5 Å². The predicted molar refractivity (Wildman–Crippen MR) is 418 cm³/mol. The van der Waals surface area contributed by atoms with E-state index in [1.807, 2.05) is 0 Å². The molecule has 0 saturated carbocycles. The molecule has 101 heavy (non-hydrogen) atoms. The summed E-state index contributed by atoms with van der Waals surface area (Å²) in [6, 6.07) is 144. The third kappa shape index (κ3) is 7.48. The van der Waals surface area contributed by atoms with Crippen molar-refractivity contribution >= 4 is 92.7 Å². The molecule has 0 saturated heterocycles. The zero-order valence-corrected chi connectivity index (χ0v) is 57.6. The van der Waals surface area contributed by atoms with Gasteiger partial charge in [0, 0.05) is 0 Å². The van der Waals surface area contributed by atoms with E-state index in [1.54, 1.807) is 0 Å². The van der Waals surface area contributed by atoms with E-state index in [9.17, 15) is 0 Å². The van der Waals surface area contributed by atoms with Crippen LogP contribution in [0.5, 0.6) is 0 Å². The molecule has 0 fully saturated rings. The van der Waals surface area contributed by atoms with Crippen LogP contribution in [0.4, 0.5) is 51.2 Å². The molecular weight excluding hydrogens is 1330 g/mol. The number of rotatable bonds is 9. The minimum atomic E-state index is -3.25. The first kappa shape index (κ1) is 57.0. The van der Waals surface area contributed by atoms with E-state index in [-0.39, 0.29) is 0 Å². The van der Waals surface area contributed by atoms with Gasteiger partial charge in [0.1, 0.15) is 0 Å². The number of nitrogens with zero attached hydrogens (tertiary/aromatic N) is 3. The van der Waals surface area contributed by atoms with Crippen LogP contribution in [0.15, 0.2) is 376 Å². The van der Waals surface area contributed by atoms with Gasteiger partial charge in [0.25, 0.3) is 0 Å². The van der Waals surface area contributed by atoms with Crippen molar-refractivity contribution in [3.05, 3.63) is 443 Å². The first-order valence-corrected chi connectivity index (χ1v) is 39.1. The van der Waals surface area contributed by atoms with Crippen molar-refractivity contribution in [2.75, 3.05) is 14.7 Å². The van der Waals surface area contributed by atoms with Crippen molar-refractivity contribution < 1.29 is 0 Å². The SMILES string of the molecule is c1ccc(C2(c3ccccc3)c3ccccc3-c3cc(N4c5cccc6[c]5[Sb]5[c]7c(cccc7N(c7ccc8c(c7)C(c7ccccc7)(c7ccccc7)c7ccccc7-8)c7cc8ccccc8c4[c]75)N6c4ccc5c(c4)C(c4ccccc4)(c4ccccc4)c4ccccc4-5)ccc32)cc1.